The van der Waals surface area contributed by atoms with Gasteiger partial charge in [0, 0.05) is 28.2 Å². The van der Waals surface area contributed by atoms with Crippen LogP contribution in [0, 0.1) is 0 Å². The molecule has 0 N–H and O–H groups in total. The van der Waals surface area contributed by atoms with Crippen molar-refractivity contribution in [2.45, 2.75) is 58.1 Å². The molecule has 0 bridgehead atoms. The predicted octanol–water partition coefficient (Wildman–Crippen LogP) is 9.97. The molecular weight excluding hydrogens is 747 g/mol. The molecule has 0 atom stereocenters. The number of aromatic nitrogens is 6. The number of halogens is 3. The highest BCUT2D eigenvalue weighted by Gasteiger charge is 2.26. The second-order valence-electron chi connectivity index (χ2n) is 13.0. The lowest BCUT2D eigenvalue weighted by Gasteiger charge is -2.20. The monoisotopic (exact) mass is 780 g/mol. The Hall–Kier alpha value is -4.52. The Labute approximate surface area is 307 Å². The van der Waals surface area contributed by atoms with Gasteiger partial charge in [-0.3, -0.25) is 0 Å². The summed E-state index contributed by atoms with van der Waals surface area (Å²) in [5.41, 5.74) is 1.82. The van der Waals surface area contributed by atoms with Crippen molar-refractivity contribution in [3.05, 3.63) is 88.8 Å². The number of alkyl halides is 1. The lowest BCUT2D eigenvalue weighted by Crippen LogP contribution is -2.28. The molecule has 0 spiro atoms. The number of carbonyl (C=O) groups is 2. The summed E-state index contributed by atoms with van der Waals surface area (Å²) < 4.78 is 19.0. The number of benzene rings is 2. The molecular formula is C36H35BrCl2N6O5. The first-order chi connectivity index (χ1) is 23.6. The second kappa shape index (κ2) is 14.8. The molecule has 0 aliphatic heterocycles. The predicted molar refractivity (Wildman–Crippen MR) is 198 cm³/mol. The van der Waals surface area contributed by atoms with Gasteiger partial charge in [-0.05, 0) is 47.6 Å². The van der Waals surface area contributed by atoms with E-state index < -0.39 is 23.4 Å². The Balaban J connectivity index is 0.000000194. The third-order valence-corrected chi connectivity index (χ3v) is 7.98. The van der Waals surface area contributed by atoms with Gasteiger partial charge in [0.25, 0.3) is 0 Å². The molecule has 2 aromatic carbocycles. The molecule has 50 heavy (non-hydrogen) atoms. The fourth-order valence-corrected chi connectivity index (χ4v) is 5.64. The molecule has 0 aliphatic rings. The molecule has 0 saturated heterocycles. The Morgan fingerprint density at radius 3 is 1.52 bits per heavy atom. The quantitative estimate of drug-likeness (QED) is 0.127. The van der Waals surface area contributed by atoms with Crippen LogP contribution in [0.5, 0.6) is 5.88 Å². The molecule has 6 rings (SSSR count). The number of hydrogen-bond acceptors (Lipinski definition) is 9. The van der Waals surface area contributed by atoms with Crippen molar-refractivity contribution in [2.24, 2.45) is 0 Å². The maximum absolute atomic E-state index is 12.7. The van der Waals surface area contributed by atoms with Gasteiger partial charge in [-0.1, -0.05) is 99.8 Å². The standard InChI is InChI=1S/C18H17BrClN3O2.C18H18ClN3O3/c1-18(2,3)25-17(24)23-12(10-19)9-13-14(20)21-15(22-16(13)23)11-7-5-4-6-8-11;1-18(2,3)25-17(23)22-13(24-4)10-12-14(19)20-15(21-16(12)22)11-8-6-5-7-9-11/h4-9H,10H2,1-3H3;5-10H,1-4H3. The summed E-state index contributed by atoms with van der Waals surface area (Å²) in [6.45, 7) is 10.8. The van der Waals surface area contributed by atoms with Crippen molar-refractivity contribution in [1.82, 2.24) is 29.1 Å². The van der Waals surface area contributed by atoms with Gasteiger partial charge in [-0.2, -0.15) is 4.57 Å². The lowest BCUT2D eigenvalue weighted by atomic mass is 10.2. The zero-order valence-corrected chi connectivity index (χ0v) is 31.6. The van der Waals surface area contributed by atoms with Crippen molar-refractivity contribution < 1.29 is 23.8 Å². The van der Waals surface area contributed by atoms with E-state index in [0.29, 0.717) is 49.9 Å². The molecule has 11 nitrogen and oxygen atoms in total. The average molecular weight is 783 g/mol. The van der Waals surface area contributed by atoms with Gasteiger partial charge in [0.05, 0.1) is 17.9 Å². The van der Waals surface area contributed by atoms with E-state index in [2.05, 4.69) is 35.9 Å². The van der Waals surface area contributed by atoms with Crippen LogP contribution < -0.4 is 4.74 Å². The zero-order chi connectivity index (χ0) is 36.4. The van der Waals surface area contributed by atoms with Crippen LogP contribution in [0.15, 0.2) is 72.8 Å². The first kappa shape index (κ1) is 36.8. The minimum atomic E-state index is -0.655. The molecule has 0 amide bonds. The smallest absolute Gasteiger partial charge is 0.423 e. The van der Waals surface area contributed by atoms with Crippen LogP contribution in [0.4, 0.5) is 9.59 Å². The van der Waals surface area contributed by atoms with E-state index >= 15 is 0 Å². The molecule has 6 aromatic rings. The molecule has 0 unspecified atom stereocenters. The average Bonchev–Trinajstić information content (AvgIpc) is 3.64. The van der Waals surface area contributed by atoms with Crippen LogP contribution >= 0.6 is 39.1 Å². The number of hydrogen-bond donors (Lipinski definition) is 0. The highest BCUT2D eigenvalue weighted by molar-refractivity contribution is 9.08. The normalized spacial score (nSPS) is 11.6. The minimum Gasteiger partial charge on any atom is -0.482 e. The molecule has 0 radical (unpaired) electrons. The molecule has 0 aliphatic carbocycles. The summed E-state index contributed by atoms with van der Waals surface area (Å²) >= 11 is 16.1. The topological polar surface area (TPSA) is 123 Å². The molecule has 260 valence electrons. The summed E-state index contributed by atoms with van der Waals surface area (Å²) in [6, 6.07) is 22.3. The summed E-state index contributed by atoms with van der Waals surface area (Å²) in [5, 5.41) is 2.13. The minimum absolute atomic E-state index is 0.240. The van der Waals surface area contributed by atoms with Crippen molar-refractivity contribution >= 4 is 73.4 Å². The third-order valence-electron chi connectivity index (χ3n) is 6.83. The number of methoxy groups -OCH3 is 1. The zero-order valence-electron chi connectivity index (χ0n) is 28.5. The fourth-order valence-electron chi connectivity index (χ4n) is 4.79. The summed E-state index contributed by atoms with van der Waals surface area (Å²) in [6.07, 6.45) is -1.08. The Morgan fingerprint density at radius 1 is 0.680 bits per heavy atom. The highest BCUT2D eigenvalue weighted by Crippen LogP contribution is 2.32. The van der Waals surface area contributed by atoms with Crippen LogP contribution in [-0.4, -0.2) is 59.6 Å². The lowest BCUT2D eigenvalue weighted by molar-refractivity contribution is 0.0523. The Bertz CT molecular complexity index is 2020. The highest BCUT2D eigenvalue weighted by atomic mass is 79.9. The van der Waals surface area contributed by atoms with Gasteiger partial charge in [0.2, 0.25) is 5.88 Å². The molecule has 0 fully saturated rings. The van der Waals surface area contributed by atoms with E-state index in [0.717, 1.165) is 11.1 Å². The molecule has 4 aromatic heterocycles. The fraction of sp³-hybridized carbons (Fsp3) is 0.278. The van der Waals surface area contributed by atoms with Crippen LogP contribution in [0.2, 0.25) is 10.3 Å². The summed E-state index contributed by atoms with van der Waals surface area (Å²) in [7, 11) is 1.47. The number of rotatable bonds is 4. The number of carbonyl (C=O) groups excluding carboxylic acids is 2. The van der Waals surface area contributed by atoms with Crippen molar-refractivity contribution in [2.75, 3.05) is 7.11 Å². The van der Waals surface area contributed by atoms with Crippen molar-refractivity contribution in [3.63, 3.8) is 0 Å². The Kier molecular flexibility index (Phi) is 10.8. The number of fused-ring (bicyclic) bond motifs is 2. The number of nitrogens with zero attached hydrogens (tertiary/aromatic N) is 6. The van der Waals surface area contributed by atoms with Crippen LogP contribution in [0.3, 0.4) is 0 Å². The van der Waals surface area contributed by atoms with E-state index in [1.54, 1.807) is 32.9 Å². The first-order valence-electron chi connectivity index (χ1n) is 15.4. The second-order valence-corrected chi connectivity index (χ2v) is 14.2. The van der Waals surface area contributed by atoms with Crippen molar-refractivity contribution in [3.8, 4) is 28.7 Å². The van der Waals surface area contributed by atoms with Gasteiger partial charge in [-0.15, -0.1) is 0 Å². The third kappa shape index (κ3) is 8.26. The molecule has 0 saturated carbocycles. The maximum atomic E-state index is 12.7. The first-order valence-corrected chi connectivity index (χ1v) is 17.3. The van der Waals surface area contributed by atoms with E-state index in [1.165, 1.54) is 16.2 Å². The van der Waals surface area contributed by atoms with Gasteiger partial charge >= 0.3 is 12.2 Å². The largest absolute Gasteiger partial charge is 0.482 e. The van der Waals surface area contributed by atoms with Gasteiger partial charge in [0.15, 0.2) is 22.9 Å². The van der Waals surface area contributed by atoms with Crippen LogP contribution in [0.1, 0.15) is 47.2 Å². The SMILES string of the molecule is CC(C)(C)OC(=O)n1c(CBr)cc2c(Cl)nc(-c3ccccc3)nc21.COc1cc2c(Cl)nc(-c3ccccc3)nc2n1C(=O)OC(C)(C)C. The van der Waals surface area contributed by atoms with Gasteiger partial charge < -0.3 is 14.2 Å². The summed E-state index contributed by atoms with van der Waals surface area (Å²) in [5.74, 6) is 1.16. The van der Waals surface area contributed by atoms with Crippen LogP contribution in [0.25, 0.3) is 44.8 Å². The van der Waals surface area contributed by atoms with E-state index in [1.807, 2.05) is 81.4 Å². The van der Waals surface area contributed by atoms with E-state index in [4.69, 9.17) is 37.4 Å². The number of ether oxygens (including phenoxy) is 3. The molecule has 4 heterocycles. The maximum Gasteiger partial charge on any atom is 0.423 e. The van der Waals surface area contributed by atoms with Crippen molar-refractivity contribution in [1.29, 1.82) is 0 Å². The van der Waals surface area contributed by atoms with Gasteiger partial charge in [-0.25, -0.2) is 34.1 Å². The van der Waals surface area contributed by atoms with E-state index in [-0.39, 0.29) is 11.0 Å². The molecule has 14 heteroatoms. The van der Waals surface area contributed by atoms with E-state index in [9.17, 15) is 9.59 Å². The van der Waals surface area contributed by atoms with Gasteiger partial charge in [0.1, 0.15) is 21.5 Å². The summed E-state index contributed by atoms with van der Waals surface area (Å²) in [4.78, 5) is 43.1. The Morgan fingerprint density at radius 2 is 1.10 bits per heavy atom. The van der Waals surface area contributed by atoms with Crippen LogP contribution in [-0.2, 0) is 14.8 Å².